The van der Waals surface area contributed by atoms with Crippen molar-refractivity contribution < 1.29 is 18.3 Å². The summed E-state index contributed by atoms with van der Waals surface area (Å²) in [5, 5.41) is 3.70. The number of hydrogen-bond donors (Lipinski definition) is 0. The lowest BCUT2D eigenvalue weighted by Gasteiger charge is -2.25. The van der Waals surface area contributed by atoms with Gasteiger partial charge in [0.15, 0.2) is 5.78 Å². The Kier molecular flexibility index (Phi) is 3.26. The molecule has 0 N–H and O–H groups in total. The van der Waals surface area contributed by atoms with Crippen LogP contribution in [0.1, 0.15) is 54.2 Å². The summed E-state index contributed by atoms with van der Waals surface area (Å²) in [6, 6.07) is 1.68. The molecule has 4 rings (SSSR count). The van der Waals surface area contributed by atoms with E-state index in [0.717, 1.165) is 29.7 Å². The van der Waals surface area contributed by atoms with Gasteiger partial charge in [0.1, 0.15) is 11.8 Å². The van der Waals surface area contributed by atoms with E-state index in [4.69, 9.17) is 4.74 Å². The zero-order valence-electron chi connectivity index (χ0n) is 12.5. The lowest BCUT2D eigenvalue weighted by atomic mass is 9.93. The molecule has 2 aromatic heterocycles. The number of halogens is 2. The van der Waals surface area contributed by atoms with Crippen LogP contribution in [-0.2, 0) is 11.2 Å². The van der Waals surface area contributed by atoms with Crippen molar-refractivity contribution >= 4 is 5.78 Å². The molecule has 23 heavy (non-hydrogen) atoms. The number of rotatable bonds is 3. The van der Waals surface area contributed by atoms with Gasteiger partial charge in [-0.05, 0) is 30.0 Å². The van der Waals surface area contributed by atoms with E-state index >= 15 is 0 Å². The molecule has 2 aromatic rings. The summed E-state index contributed by atoms with van der Waals surface area (Å²) < 4.78 is 32.1. The van der Waals surface area contributed by atoms with Gasteiger partial charge in [-0.1, -0.05) is 0 Å². The third-order valence-corrected chi connectivity index (χ3v) is 4.47. The number of nitrogens with zero attached hydrogens (tertiary/aromatic N) is 3. The van der Waals surface area contributed by atoms with Gasteiger partial charge in [-0.15, -0.1) is 0 Å². The summed E-state index contributed by atoms with van der Waals surface area (Å²) in [4.78, 5) is 16.3. The van der Waals surface area contributed by atoms with Crippen LogP contribution in [0.4, 0.5) is 8.78 Å². The number of ether oxygens (including phenoxy) is 1. The van der Waals surface area contributed by atoms with Gasteiger partial charge >= 0.3 is 6.55 Å². The average molecular weight is 319 g/mol. The van der Waals surface area contributed by atoms with E-state index in [9.17, 15) is 13.6 Å². The third kappa shape index (κ3) is 2.35. The van der Waals surface area contributed by atoms with E-state index in [-0.39, 0.29) is 18.0 Å². The first kappa shape index (κ1) is 14.4. The quantitative estimate of drug-likeness (QED) is 0.814. The lowest BCUT2D eigenvalue weighted by molar-refractivity contribution is 0.0295. The molecule has 0 aliphatic carbocycles. The lowest BCUT2D eigenvalue weighted by Crippen LogP contribution is -2.21. The largest absolute Gasteiger partial charge is 0.368 e. The molecule has 7 heteroatoms. The van der Waals surface area contributed by atoms with Crippen LogP contribution < -0.4 is 0 Å². The smallest absolute Gasteiger partial charge is 0.333 e. The molecule has 0 radical (unpaired) electrons. The molecule has 0 unspecified atom stereocenters. The van der Waals surface area contributed by atoms with E-state index in [1.807, 2.05) is 0 Å². The fourth-order valence-corrected chi connectivity index (χ4v) is 3.38. The Morgan fingerprint density at radius 1 is 1.43 bits per heavy atom. The standard InChI is InChI=1S/C16H15F2N3O2/c1-8(22)13-5-11(9-6-19-21(7-9)16(17)18)12-4-10-2-3-14(23-10)15(12)20-13/h5-7,10,14,16H,2-4H2,1H3/t10-,14+/m1/s1. The second-order valence-electron chi connectivity index (χ2n) is 5.99. The van der Waals surface area contributed by atoms with Gasteiger partial charge < -0.3 is 4.74 Å². The normalized spacial score (nSPS) is 22.4. The van der Waals surface area contributed by atoms with E-state index < -0.39 is 6.55 Å². The molecule has 0 saturated carbocycles. The van der Waals surface area contributed by atoms with Crippen molar-refractivity contribution in [2.75, 3.05) is 0 Å². The highest BCUT2D eigenvalue weighted by Gasteiger charge is 2.37. The summed E-state index contributed by atoms with van der Waals surface area (Å²) >= 11 is 0. The summed E-state index contributed by atoms with van der Waals surface area (Å²) in [6.07, 6.45) is 5.26. The van der Waals surface area contributed by atoms with E-state index in [0.29, 0.717) is 22.4 Å². The molecule has 5 nitrogen and oxygen atoms in total. The van der Waals surface area contributed by atoms with E-state index in [1.165, 1.54) is 19.3 Å². The van der Waals surface area contributed by atoms with Crippen LogP contribution in [0.25, 0.3) is 11.1 Å². The zero-order chi connectivity index (χ0) is 16.1. The molecule has 4 heterocycles. The summed E-state index contributed by atoms with van der Waals surface area (Å²) in [5.41, 5.74) is 3.42. The van der Waals surface area contributed by atoms with Crippen LogP contribution in [0, 0.1) is 0 Å². The third-order valence-electron chi connectivity index (χ3n) is 4.47. The average Bonchev–Trinajstić information content (AvgIpc) is 3.14. The minimum atomic E-state index is -2.69. The molecule has 2 atom stereocenters. The molecule has 0 aromatic carbocycles. The van der Waals surface area contributed by atoms with Crippen molar-refractivity contribution in [2.24, 2.45) is 0 Å². The number of fused-ring (bicyclic) bond motifs is 4. The minimum Gasteiger partial charge on any atom is -0.368 e. The maximum Gasteiger partial charge on any atom is 0.333 e. The number of pyridine rings is 1. The van der Waals surface area contributed by atoms with Crippen LogP contribution in [-0.4, -0.2) is 26.7 Å². The number of carbonyl (C=O) groups excluding carboxylic acids is 1. The van der Waals surface area contributed by atoms with Crippen LogP contribution in [0.15, 0.2) is 18.5 Å². The molecule has 2 aliphatic rings. The number of carbonyl (C=O) groups is 1. The summed E-state index contributed by atoms with van der Waals surface area (Å²) in [6.45, 7) is -1.24. The molecular formula is C16H15F2N3O2. The Morgan fingerprint density at radius 3 is 2.96 bits per heavy atom. The van der Waals surface area contributed by atoms with Gasteiger partial charge in [-0.2, -0.15) is 13.9 Å². The zero-order valence-corrected chi connectivity index (χ0v) is 12.5. The van der Waals surface area contributed by atoms with Gasteiger partial charge in [0.05, 0.1) is 18.0 Å². The molecular weight excluding hydrogens is 304 g/mol. The fourth-order valence-electron chi connectivity index (χ4n) is 3.38. The van der Waals surface area contributed by atoms with Crippen molar-refractivity contribution in [1.29, 1.82) is 0 Å². The Morgan fingerprint density at radius 2 is 2.26 bits per heavy atom. The maximum absolute atomic E-state index is 12.8. The molecule has 0 spiro atoms. The van der Waals surface area contributed by atoms with Gasteiger partial charge in [0.2, 0.25) is 0 Å². The number of aromatic nitrogens is 3. The number of ketones is 1. The van der Waals surface area contributed by atoms with E-state index in [1.54, 1.807) is 6.07 Å². The van der Waals surface area contributed by atoms with Crippen molar-refractivity contribution in [2.45, 2.75) is 44.9 Å². The number of Topliss-reactive ketones (excluding diaryl/α,β-unsaturated/α-hetero) is 1. The first-order valence-corrected chi connectivity index (χ1v) is 7.56. The number of hydrogen-bond acceptors (Lipinski definition) is 4. The van der Waals surface area contributed by atoms with Gasteiger partial charge in [0, 0.05) is 25.1 Å². The molecule has 1 saturated heterocycles. The summed E-state index contributed by atoms with van der Waals surface area (Å²) in [5.74, 6) is -0.157. The number of alkyl halides is 2. The summed E-state index contributed by atoms with van der Waals surface area (Å²) in [7, 11) is 0. The highest BCUT2D eigenvalue weighted by atomic mass is 19.3. The second-order valence-corrected chi connectivity index (χ2v) is 5.99. The minimum absolute atomic E-state index is 0.105. The Labute approximate surface area is 131 Å². The van der Waals surface area contributed by atoms with Crippen molar-refractivity contribution in [1.82, 2.24) is 14.8 Å². The second kappa shape index (κ2) is 5.19. The van der Waals surface area contributed by atoms with Gasteiger partial charge in [-0.25, -0.2) is 9.67 Å². The van der Waals surface area contributed by atoms with Crippen LogP contribution in [0.5, 0.6) is 0 Å². The van der Waals surface area contributed by atoms with Gasteiger partial charge in [-0.3, -0.25) is 4.79 Å². The van der Waals surface area contributed by atoms with Crippen LogP contribution in [0.3, 0.4) is 0 Å². The van der Waals surface area contributed by atoms with Gasteiger partial charge in [0.25, 0.3) is 0 Å². The van der Waals surface area contributed by atoms with E-state index in [2.05, 4.69) is 10.1 Å². The predicted octanol–water partition coefficient (Wildman–Crippen LogP) is 3.32. The topological polar surface area (TPSA) is 57.0 Å². The first-order chi connectivity index (χ1) is 11.0. The molecule has 2 aliphatic heterocycles. The maximum atomic E-state index is 12.8. The molecule has 120 valence electrons. The molecule has 0 amide bonds. The Balaban J connectivity index is 1.89. The Bertz CT molecular complexity index is 788. The SMILES string of the molecule is CC(=O)c1cc(-c2cnn(C(F)F)c2)c2c(n1)[C@@H]1CC[C@H](C2)O1. The Hall–Kier alpha value is -2.15. The molecule has 1 fully saturated rings. The van der Waals surface area contributed by atoms with Crippen molar-refractivity contribution in [3.8, 4) is 11.1 Å². The highest BCUT2D eigenvalue weighted by molar-refractivity contribution is 5.93. The first-order valence-electron chi connectivity index (χ1n) is 7.56. The predicted molar refractivity (Wildman–Crippen MR) is 77.3 cm³/mol. The molecule has 2 bridgehead atoms. The van der Waals surface area contributed by atoms with Crippen molar-refractivity contribution in [3.63, 3.8) is 0 Å². The van der Waals surface area contributed by atoms with Crippen LogP contribution in [0.2, 0.25) is 0 Å². The van der Waals surface area contributed by atoms with Crippen LogP contribution >= 0.6 is 0 Å². The van der Waals surface area contributed by atoms with Crippen molar-refractivity contribution in [3.05, 3.63) is 35.4 Å². The monoisotopic (exact) mass is 319 g/mol. The highest BCUT2D eigenvalue weighted by Crippen LogP contribution is 2.43. The fraction of sp³-hybridized carbons (Fsp3) is 0.438.